The summed E-state index contributed by atoms with van der Waals surface area (Å²) in [5.41, 5.74) is 1.96. The first-order chi connectivity index (χ1) is 16.9. The molecule has 0 unspecified atom stereocenters. The third-order valence-corrected chi connectivity index (χ3v) is 7.53. The quantitative estimate of drug-likeness (QED) is 0.465. The zero-order chi connectivity index (χ0) is 24.8. The minimum Gasteiger partial charge on any atom is -0.494 e. The zero-order valence-corrected chi connectivity index (χ0v) is 20.3. The number of carbonyl (C=O) groups excluding carboxylic acids is 1. The maximum atomic E-state index is 13.4. The van der Waals surface area contributed by atoms with Gasteiger partial charge in [0.2, 0.25) is 5.91 Å². The van der Waals surface area contributed by atoms with Gasteiger partial charge in [0.25, 0.3) is 10.0 Å². The first-order valence-electron chi connectivity index (χ1n) is 11.5. The van der Waals surface area contributed by atoms with Crippen molar-refractivity contribution in [3.05, 3.63) is 78.6 Å². The van der Waals surface area contributed by atoms with Crippen molar-refractivity contribution in [2.45, 2.75) is 24.7 Å². The van der Waals surface area contributed by atoms with Gasteiger partial charge in [-0.3, -0.25) is 9.10 Å². The number of carbonyl (C=O) groups is 1. The molecule has 3 aromatic rings. The summed E-state index contributed by atoms with van der Waals surface area (Å²) < 4.78 is 46.7. The van der Waals surface area contributed by atoms with E-state index in [0.29, 0.717) is 18.0 Å². The van der Waals surface area contributed by atoms with Gasteiger partial charge in [0.15, 0.2) is 0 Å². The van der Waals surface area contributed by atoms with Crippen LogP contribution in [0.1, 0.15) is 19.8 Å². The normalized spacial score (nSPS) is 13.5. The van der Waals surface area contributed by atoms with Gasteiger partial charge in [-0.15, -0.1) is 0 Å². The molecular weight excluding hydrogens is 469 g/mol. The predicted octanol–water partition coefficient (Wildman–Crippen LogP) is 4.66. The van der Waals surface area contributed by atoms with Gasteiger partial charge >= 0.3 is 0 Å². The van der Waals surface area contributed by atoms with E-state index in [-0.39, 0.29) is 10.6 Å². The molecule has 4 rings (SSSR count). The van der Waals surface area contributed by atoms with Gasteiger partial charge in [0, 0.05) is 24.5 Å². The highest BCUT2D eigenvalue weighted by atomic mass is 32.2. The van der Waals surface area contributed by atoms with Gasteiger partial charge in [-0.1, -0.05) is 0 Å². The first kappa shape index (κ1) is 24.5. The number of anilines is 3. The summed E-state index contributed by atoms with van der Waals surface area (Å²) >= 11 is 0. The molecule has 7 nitrogen and oxygen atoms in total. The summed E-state index contributed by atoms with van der Waals surface area (Å²) in [5, 5.41) is 2.78. The highest BCUT2D eigenvalue weighted by Gasteiger charge is 2.27. The summed E-state index contributed by atoms with van der Waals surface area (Å²) in [7, 11) is -4.14. The van der Waals surface area contributed by atoms with Crippen molar-refractivity contribution in [3.63, 3.8) is 0 Å². The number of sulfonamides is 1. The molecule has 35 heavy (non-hydrogen) atoms. The summed E-state index contributed by atoms with van der Waals surface area (Å²) in [6, 6.07) is 18.4. The second-order valence-electron chi connectivity index (χ2n) is 8.18. The number of nitrogens with one attached hydrogen (secondary N) is 1. The average molecular weight is 498 g/mol. The number of benzene rings is 3. The lowest BCUT2D eigenvalue weighted by atomic mass is 10.2. The molecule has 0 bridgehead atoms. The van der Waals surface area contributed by atoms with Crippen molar-refractivity contribution in [3.8, 4) is 5.75 Å². The van der Waals surface area contributed by atoms with E-state index < -0.39 is 28.3 Å². The van der Waals surface area contributed by atoms with Crippen LogP contribution < -0.4 is 19.3 Å². The van der Waals surface area contributed by atoms with Crippen LogP contribution in [0.2, 0.25) is 0 Å². The van der Waals surface area contributed by atoms with Crippen molar-refractivity contribution in [2.75, 3.05) is 40.8 Å². The maximum Gasteiger partial charge on any atom is 0.264 e. The molecule has 0 aromatic heterocycles. The highest BCUT2D eigenvalue weighted by Crippen LogP contribution is 2.27. The van der Waals surface area contributed by atoms with Crippen molar-refractivity contribution in [1.29, 1.82) is 0 Å². The average Bonchev–Trinajstić information content (AvgIpc) is 3.39. The van der Waals surface area contributed by atoms with E-state index in [2.05, 4.69) is 10.2 Å². The number of hydrogen-bond donors (Lipinski definition) is 1. The molecule has 0 saturated carbocycles. The Labute approximate surface area is 205 Å². The Morgan fingerprint density at radius 1 is 0.971 bits per heavy atom. The molecular formula is C26H28FN3O4S. The maximum absolute atomic E-state index is 13.4. The van der Waals surface area contributed by atoms with Crippen LogP contribution in [0.3, 0.4) is 0 Å². The van der Waals surface area contributed by atoms with Crippen LogP contribution >= 0.6 is 0 Å². The van der Waals surface area contributed by atoms with E-state index in [4.69, 9.17) is 4.74 Å². The van der Waals surface area contributed by atoms with E-state index in [1.165, 1.54) is 25.0 Å². The second-order valence-corrected chi connectivity index (χ2v) is 10.0. The van der Waals surface area contributed by atoms with E-state index in [1.807, 2.05) is 19.1 Å². The van der Waals surface area contributed by atoms with Gasteiger partial charge in [-0.25, -0.2) is 12.8 Å². The molecule has 3 aromatic carbocycles. The summed E-state index contributed by atoms with van der Waals surface area (Å²) in [4.78, 5) is 15.1. The number of nitrogens with zero attached hydrogens (tertiary/aromatic N) is 2. The monoisotopic (exact) mass is 497 g/mol. The van der Waals surface area contributed by atoms with Gasteiger partial charge in [0.1, 0.15) is 18.1 Å². The molecule has 9 heteroatoms. The third kappa shape index (κ3) is 5.92. The van der Waals surface area contributed by atoms with Crippen LogP contribution in [0.25, 0.3) is 0 Å². The third-order valence-electron chi connectivity index (χ3n) is 5.75. The lowest BCUT2D eigenvalue weighted by molar-refractivity contribution is -0.114. The molecule has 1 fully saturated rings. The highest BCUT2D eigenvalue weighted by molar-refractivity contribution is 7.92. The second kappa shape index (κ2) is 10.8. The van der Waals surface area contributed by atoms with E-state index in [0.717, 1.165) is 35.2 Å². The van der Waals surface area contributed by atoms with Crippen LogP contribution in [0.15, 0.2) is 77.7 Å². The molecule has 1 aliphatic heterocycles. The van der Waals surface area contributed by atoms with Crippen molar-refractivity contribution >= 4 is 33.0 Å². The van der Waals surface area contributed by atoms with Crippen LogP contribution in [0, 0.1) is 5.82 Å². The topological polar surface area (TPSA) is 79.0 Å². The smallest absolute Gasteiger partial charge is 0.264 e. The van der Waals surface area contributed by atoms with E-state index in [1.54, 1.807) is 36.4 Å². The number of ether oxygens (including phenoxy) is 1. The Morgan fingerprint density at radius 2 is 1.60 bits per heavy atom. The van der Waals surface area contributed by atoms with Gasteiger partial charge < -0.3 is 15.0 Å². The Morgan fingerprint density at radius 3 is 2.20 bits per heavy atom. The van der Waals surface area contributed by atoms with Crippen molar-refractivity contribution in [2.24, 2.45) is 0 Å². The summed E-state index contributed by atoms with van der Waals surface area (Å²) in [6.45, 7) is 3.90. The molecule has 184 valence electrons. The Hall–Kier alpha value is -3.59. The summed E-state index contributed by atoms with van der Waals surface area (Å²) in [6.07, 6.45) is 2.34. The Kier molecular flexibility index (Phi) is 7.55. The fourth-order valence-electron chi connectivity index (χ4n) is 3.99. The predicted molar refractivity (Wildman–Crippen MR) is 135 cm³/mol. The molecule has 1 heterocycles. The Balaban J connectivity index is 1.55. The molecule has 1 aliphatic rings. The molecule has 0 atom stereocenters. The SMILES string of the molecule is CCOc1ccc(N(CC(=O)Nc2ccc(N3CCCC3)cc2)S(=O)(=O)c2ccc(F)cc2)cc1. The fourth-order valence-corrected chi connectivity index (χ4v) is 5.41. The lowest BCUT2D eigenvalue weighted by Crippen LogP contribution is -2.38. The molecule has 1 saturated heterocycles. The zero-order valence-electron chi connectivity index (χ0n) is 19.5. The van der Waals surface area contributed by atoms with Gasteiger partial charge in [-0.2, -0.15) is 0 Å². The Bertz CT molecular complexity index is 1240. The molecule has 0 radical (unpaired) electrons. The summed E-state index contributed by atoms with van der Waals surface area (Å²) in [5.74, 6) is -0.469. The number of halogens is 1. The van der Waals surface area contributed by atoms with Crippen molar-refractivity contribution < 1.29 is 22.3 Å². The minimum atomic E-state index is -4.14. The largest absolute Gasteiger partial charge is 0.494 e. The van der Waals surface area contributed by atoms with Crippen LogP contribution in [-0.4, -0.2) is 40.6 Å². The number of amides is 1. The van der Waals surface area contributed by atoms with E-state index in [9.17, 15) is 17.6 Å². The molecule has 1 N–H and O–H groups in total. The number of hydrogen-bond acceptors (Lipinski definition) is 5. The van der Waals surface area contributed by atoms with Crippen LogP contribution in [-0.2, 0) is 14.8 Å². The molecule has 0 aliphatic carbocycles. The van der Waals surface area contributed by atoms with Gasteiger partial charge in [-0.05, 0) is 92.6 Å². The lowest BCUT2D eigenvalue weighted by Gasteiger charge is -2.24. The van der Waals surface area contributed by atoms with E-state index >= 15 is 0 Å². The fraction of sp³-hybridized carbons (Fsp3) is 0.269. The van der Waals surface area contributed by atoms with Crippen molar-refractivity contribution in [1.82, 2.24) is 0 Å². The standard InChI is InChI=1S/C26H28FN3O4S/c1-2-34-24-13-11-23(12-14-24)30(35(32,33)25-15-5-20(27)6-16-25)19-26(31)28-21-7-9-22(10-8-21)29-17-3-4-18-29/h5-16H,2-4,17-19H2,1H3,(H,28,31). The van der Waals surface area contributed by atoms with Crippen LogP contribution in [0.4, 0.5) is 21.5 Å². The minimum absolute atomic E-state index is 0.115. The van der Waals surface area contributed by atoms with Crippen LogP contribution in [0.5, 0.6) is 5.75 Å². The first-order valence-corrected chi connectivity index (χ1v) is 13.0. The molecule has 0 spiro atoms. The van der Waals surface area contributed by atoms with Gasteiger partial charge in [0.05, 0.1) is 17.2 Å². The molecule has 1 amide bonds. The number of rotatable bonds is 9.